The first-order valence-electron chi connectivity index (χ1n) is 11.3. The molecule has 0 aliphatic heterocycles. The maximum Gasteiger partial charge on any atom is 0.309 e. The molecule has 2 aromatic carbocycles. The average Bonchev–Trinajstić information content (AvgIpc) is 2.75. The zero-order chi connectivity index (χ0) is 23.6. The van der Waals surface area contributed by atoms with E-state index in [-0.39, 0.29) is 17.5 Å². The summed E-state index contributed by atoms with van der Waals surface area (Å²) in [6, 6.07) is 10.2. The van der Waals surface area contributed by atoms with E-state index in [1.165, 1.54) is 6.07 Å². The summed E-state index contributed by atoms with van der Waals surface area (Å²) in [6.07, 6.45) is 2.09. The molecule has 0 saturated heterocycles. The van der Waals surface area contributed by atoms with Crippen LogP contribution in [0.25, 0.3) is 22.0 Å². The molecule has 0 aliphatic rings. The van der Waals surface area contributed by atoms with Crippen molar-refractivity contribution in [3.63, 3.8) is 0 Å². The van der Waals surface area contributed by atoms with Gasteiger partial charge in [-0.25, -0.2) is 4.39 Å². The maximum atomic E-state index is 14.0. The summed E-state index contributed by atoms with van der Waals surface area (Å²) in [5, 5.41) is 20.9. The van der Waals surface area contributed by atoms with Gasteiger partial charge in [-0.2, -0.15) is 0 Å². The Morgan fingerprint density at radius 3 is 2.38 bits per heavy atom. The monoisotopic (exact) mass is 437 g/mol. The van der Waals surface area contributed by atoms with Crippen molar-refractivity contribution >= 4 is 16.9 Å². The molecule has 0 aliphatic carbocycles. The number of carbonyl (C=O) groups is 1. The van der Waals surface area contributed by atoms with Crippen LogP contribution in [0.2, 0.25) is 0 Å². The van der Waals surface area contributed by atoms with E-state index in [0.717, 1.165) is 27.8 Å². The van der Waals surface area contributed by atoms with Gasteiger partial charge in [-0.05, 0) is 85.0 Å². The molecule has 0 atom stereocenters. The molecule has 170 valence electrons. The number of aromatic nitrogens is 1. The third-order valence-corrected chi connectivity index (χ3v) is 6.76. The first-order chi connectivity index (χ1) is 15.1. The fraction of sp³-hybridized carbons (Fsp3) is 0.407. The Balaban J connectivity index is 2.28. The van der Waals surface area contributed by atoms with Gasteiger partial charge in [0.2, 0.25) is 0 Å². The number of phenols is 1. The lowest BCUT2D eigenvalue weighted by Crippen LogP contribution is -2.30. The van der Waals surface area contributed by atoms with E-state index in [0.29, 0.717) is 36.8 Å². The molecular formula is C27H32FNO3. The highest BCUT2D eigenvalue weighted by Crippen LogP contribution is 2.40. The first kappa shape index (κ1) is 23.7. The zero-order valence-electron chi connectivity index (χ0n) is 19.5. The summed E-state index contributed by atoms with van der Waals surface area (Å²) in [4.78, 5) is 16.9. The lowest BCUT2D eigenvalue weighted by atomic mass is 9.77. The van der Waals surface area contributed by atoms with Gasteiger partial charge < -0.3 is 10.2 Å². The molecule has 0 amide bonds. The smallest absolute Gasteiger partial charge is 0.309 e. The number of aliphatic carboxylic acids is 1. The molecule has 2 N–H and O–H groups in total. The number of benzene rings is 2. The molecule has 0 unspecified atom stereocenters. The van der Waals surface area contributed by atoms with Gasteiger partial charge in [-0.1, -0.05) is 33.8 Å². The summed E-state index contributed by atoms with van der Waals surface area (Å²) in [6.45, 7) is 9.76. The van der Waals surface area contributed by atoms with Crippen LogP contribution in [-0.2, 0) is 11.2 Å². The SMILES string of the molecule is CCC(CC)(CCc1nc2cc(O)ccc2c(-c2ccc(F)c(C)c2)c1C(C)C)C(=O)O. The Morgan fingerprint density at radius 1 is 1.12 bits per heavy atom. The number of hydrogen-bond acceptors (Lipinski definition) is 3. The number of pyridine rings is 1. The number of aromatic hydroxyl groups is 1. The number of fused-ring (bicyclic) bond motifs is 1. The third kappa shape index (κ3) is 4.34. The van der Waals surface area contributed by atoms with Gasteiger partial charge in [0.1, 0.15) is 11.6 Å². The maximum absolute atomic E-state index is 14.0. The van der Waals surface area contributed by atoms with Crippen LogP contribution in [0, 0.1) is 18.2 Å². The Kier molecular flexibility index (Phi) is 6.87. The second-order valence-electron chi connectivity index (χ2n) is 8.96. The van der Waals surface area contributed by atoms with E-state index in [9.17, 15) is 19.4 Å². The number of nitrogens with zero attached hydrogens (tertiary/aromatic N) is 1. The minimum atomic E-state index is -0.795. The predicted octanol–water partition coefficient (Wildman–Crippen LogP) is 7.00. The van der Waals surface area contributed by atoms with Crippen molar-refractivity contribution in [1.82, 2.24) is 4.98 Å². The molecule has 3 aromatic rings. The van der Waals surface area contributed by atoms with Gasteiger partial charge in [-0.15, -0.1) is 0 Å². The quantitative estimate of drug-likeness (QED) is 0.398. The number of carboxylic acids is 1. The Morgan fingerprint density at radius 2 is 1.81 bits per heavy atom. The van der Waals surface area contributed by atoms with Crippen LogP contribution in [0.1, 0.15) is 69.7 Å². The predicted molar refractivity (Wildman–Crippen MR) is 127 cm³/mol. The van der Waals surface area contributed by atoms with Gasteiger partial charge in [0.15, 0.2) is 0 Å². The van der Waals surface area contributed by atoms with Crippen LogP contribution in [0.15, 0.2) is 36.4 Å². The van der Waals surface area contributed by atoms with Crippen LogP contribution >= 0.6 is 0 Å². The number of carboxylic acid groups (broad SMARTS) is 1. The molecular weight excluding hydrogens is 405 g/mol. The van der Waals surface area contributed by atoms with Gasteiger partial charge in [0.25, 0.3) is 0 Å². The summed E-state index contributed by atoms with van der Waals surface area (Å²) in [7, 11) is 0. The van der Waals surface area contributed by atoms with E-state index in [4.69, 9.17) is 4.98 Å². The molecule has 32 heavy (non-hydrogen) atoms. The van der Waals surface area contributed by atoms with Crippen LogP contribution in [0.5, 0.6) is 5.75 Å². The third-order valence-electron chi connectivity index (χ3n) is 6.76. The fourth-order valence-electron chi connectivity index (χ4n) is 4.61. The van der Waals surface area contributed by atoms with Crippen LogP contribution in [-0.4, -0.2) is 21.2 Å². The van der Waals surface area contributed by atoms with Crippen molar-refractivity contribution in [1.29, 1.82) is 0 Å². The molecule has 0 saturated carbocycles. The van der Waals surface area contributed by atoms with Crippen LogP contribution in [0.3, 0.4) is 0 Å². The van der Waals surface area contributed by atoms with Crippen molar-refractivity contribution in [2.45, 2.75) is 66.2 Å². The Bertz CT molecular complexity index is 1150. The molecule has 1 aromatic heterocycles. The number of hydrogen-bond donors (Lipinski definition) is 2. The number of aryl methyl sites for hydroxylation is 2. The van der Waals surface area contributed by atoms with Gasteiger partial charge in [-0.3, -0.25) is 9.78 Å². The van der Waals surface area contributed by atoms with Crippen molar-refractivity contribution in [3.05, 3.63) is 59.0 Å². The number of halogens is 1. The lowest BCUT2D eigenvalue weighted by Gasteiger charge is -2.28. The van der Waals surface area contributed by atoms with Crippen LogP contribution in [0.4, 0.5) is 4.39 Å². The highest BCUT2D eigenvalue weighted by Gasteiger charge is 2.35. The summed E-state index contributed by atoms with van der Waals surface area (Å²) in [5.41, 5.74) is 4.15. The van der Waals surface area contributed by atoms with E-state index in [2.05, 4.69) is 13.8 Å². The topological polar surface area (TPSA) is 70.4 Å². The molecule has 0 radical (unpaired) electrons. The van der Waals surface area contributed by atoms with Crippen molar-refractivity contribution in [2.75, 3.05) is 0 Å². The van der Waals surface area contributed by atoms with Gasteiger partial charge in [0.05, 0.1) is 10.9 Å². The van der Waals surface area contributed by atoms with Crippen molar-refractivity contribution in [2.24, 2.45) is 5.41 Å². The molecule has 4 nitrogen and oxygen atoms in total. The highest BCUT2D eigenvalue weighted by molar-refractivity contribution is 5.97. The van der Waals surface area contributed by atoms with Gasteiger partial charge in [0, 0.05) is 17.1 Å². The minimum absolute atomic E-state index is 0.122. The van der Waals surface area contributed by atoms with Crippen molar-refractivity contribution < 1.29 is 19.4 Å². The minimum Gasteiger partial charge on any atom is -0.508 e. The summed E-state index contributed by atoms with van der Waals surface area (Å²) >= 11 is 0. The summed E-state index contributed by atoms with van der Waals surface area (Å²) < 4.78 is 14.0. The summed E-state index contributed by atoms with van der Waals surface area (Å²) in [5.74, 6) is -0.787. The highest BCUT2D eigenvalue weighted by atomic mass is 19.1. The van der Waals surface area contributed by atoms with E-state index in [1.54, 1.807) is 25.1 Å². The van der Waals surface area contributed by atoms with E-state index >= 15 is 0 Å². The van der Waals surface area contributed by atoms with Gasteiger partial charge >= 0.3 is 5.97 Å². The average molecular weight is 438 g/mol. The number of phenolic OH excluding ortho intramolecular Hbond substituents is 1. The van der Waals surface area contributed by atoms with Crippen molar-refractivity contribution in [3.8, 4) is 16.9 Å². The standard InChI is InChI=1S/C27H32FNO3/c1-6-27(7-2,26(31)32)13-12-22-24(16(3)4)25(18-8-11-21(28)17(5)14-18)20-10-9-19(30)15-23(20)29-22/h8-11,14-16,30H,6-7,12-13H2,1-5H3,(H,31,32). The van der Waals surface area contributed by atoms with Crippen LogP contribution < -0.4 is 0 Å². The largest absolute Gasteiger partial charge is 0.508 e. The molecule has 1 heterocycles. The number of rotatable bonds is 8. The fourth-order valence-corrected chi connectivity index (χ4v) is 4.61. The zero-order valence-corrected chi connectivity index (χ0v) is 19.5. The second-order valence-corrected chi connectivity index (χ2v) is 8.96. The van der Waals surface area contributed by atoms with E-state index < -0.39 is 11.4 Å². The first-order valence-corrected chi connectivity index (χ1v) is 11.3. The molecule has 0 fully saturated rings. The Hall–Kier alpha value is -2.95. The Labute approximate surface area is 189 Å². The molecule has 3 rings (SSSR count). The molecule has 0 spiro atoms. The molecule has 5 heteroatoms. The molecule has 0 bridgehead atoms. The normalized spacial score (nSPS) is 12.0. The second kappa shape index (κ2) is 9.27. The van der Waals surface area contributed by atoms with E-state index in [1.807, 2.05) is 26.0 Å². The lowest BCUT2D eigenvalue weighted by molar-refractivity contribution is -0.149.